The molecule has 152 valence electrons. The fourth-order valence-corrected chi connectivity index (χ4v) is 3.96. The standard InChI is InChI=1S/C22H24N2O5/c1-26-14-5-6-17-16(11-14)15-9-13(10-18(15)24-17)23-22(25)12-7-19(27-2)21(29-4)20(8-12)28-3/h5-8,11,13,24H,9-10H2,1-4H3,(H,23,25). The Morgan fingerprint density at radius 1 is 0.966 bits per heavy atom. The summed E-state index contributed by atoms with van der Waals surface area (Å²) in [6.07, 6.45) is 1.52. The van der Waals surface area contributed by atoms with Gasteiger partial charge in [-0.2, -0.15) is 0 Å². The molecular formula is C22H24N2O5. The summed E-state index contributed by atoms with van der Waals surface area (Å²) in [7, 11) is 6.25. The number of hydrogen-bond acceptors (Lipinski definition) is 5. The van der Waals surface area contributed by atoms with Gasteiger partial charge in [0.05, 0.1) is 28.4 Å². The van der Waals surface area contributed by atoms with Crippen LogP contribution in [0.5, 0.6) is 23.0 Å². The Morgan fingerprint density at radius 2 is 1.69 bits per heavy atom. The number of ether oxygens (including phenoxy) is 4. The first-order valence-corrected chi connectivity index (χ1v) is 9.36. The van der Waals surface area contributed by atoms with E-state index in [1.165, 1.54) is 26.9 Å². The van der Waals surface area contributed by atoms with Gasteiger partial charge in [-0.1, -0.05) is 0 Å². The van der Waals surface area contributed by atoms with Crippen LogP contribution in [0.1, 0.15) is 21.6 Å². The quantitative estimate of drug-likeness (QED) is 0.669. The van der Waals surface area contributed by atoms with Gasteiger partial charge in [0.25, 0.3) is 5.91 Å². The van der Waals surface area contributed by atoms with Gasteiger partial charge in [0, 0.05) is 34.6 Å². The number of hydrogen-bond donors (Lipinski definition) is 2. The van der Waals surface area contributed by atoms with Crippen molar-refractivity contribution in [1.82, 2.24) is 10.3 Å². The molecule has 3 aromatic rings. The second kappa shape index (κ2) is 7.58. The van der Waals surface area contributed by atoms with Crippen molar-refractivity contribution in [3.63, 3.8) is 0 Å². The minimum absolute atomic E-state index is 0.0124. The van der Waals surface area contributed by atoms with Crippen LogP contribution < -0.4 is 24.3 Å². The smallest absolute Gasteiger partial charge is 0.251 e. The number of aromatic amines is 1. The molecule has 4 rings (SSSR count). The van der Waals surface area contributed by atoms with Gasteiger partial charge < -0.3 is 29.2 Å². The monoisotopic (exact) mass is 396 g/mol. The van der Waals surface area contributed by atoms with Gasteiger partial charge in [-0.15, -0.1) is 0 Å². The van der Waals surface area contributed by atoms with Crippen LogP contribution in [0.4, 0.5) is 0 Å². The van der Waals surface area contributed by atoms with Crippen LogP contribution in [0.3, 0.4) is 0 Å². The number of amides is 1. The molecular weight excluding hydrogens is 372 g/mol. The lowest BCUT2D eigenvalue weighted by atomic mass is 10.1. The van der Waals surface area contributed by atoms with Crippen LogP contribution in [-0.4, -0.2) is 45.4 Å². The third-order valence-corrected chi connectivity index (χ3v) is 5.36. The van der Waals surface area contributed by atoms with Crippen LogP contribution in [0.2, 0.25) is 0 Å². The lowest BCUT2D eigenvalue weighted by Gasteiger charge is -2.16. The maximum atomic E-state index is 12.9. The zero-order valence-corrected chi connectivity index (χ0v) is 16.9. The number of rotatable bonds is 6. The predicted molar refractivity (Wildman–Crippen MR) is 110 cm³/mol. The summed E-state index contributed by atoms with van der Waals surface area (Å²) in [6, 6.07) is 9.33. The van der Waals surface area contributed by atoms with E-state index < -0.39 is 0 Å². The number of benzene rings is 2. The molecule has 0 aliphatic heterocycles. The maximum Gasteiger partial charge on any atom is 0.251 e. The average Bonchev–Trinajstić information content (AvgIpc) is 3.29. The summed E-state index contributed by atoms with van der Waals surface area (Å²) >= 11 is 0. The molecule has 7 heteroatoms. The second-order valence-corrected chi connectivity index (χ2v) is 6.99. The molecule has 7 nitrogen and oxygen atoms in total. The largest absolute Gasteiger partial charge is 0.497 e. The second-order valence-electron chi connectivity index (χ2n) is 6.99. The Kier molecular flexibility index (Phi) is 4.96. The van der Waals surface area contributed by atoms with E-state index in [0.29, 0.717) is 22.8 Å². The minimum atomic E-state index is -0.179. The molecule has 1 atom stereocenters. The van der Waals surface area contributed by atoms with Crippen molar-refractivity contribution in [1.29, 1.82) is 0 Å². The van der Waals surface area contributed by atoms with Gasteiger partial charge in [-0.25, -0.2) is 0 Å². The molecule has 0 spiro atoms. The maximum absolute atomic E-state index is 12.9. The van der Waals surface area contributed by atoms with Crippen molar-refractivity contribution >= 4 is 16.8 Å². The van der Waals surface area contributed by atoms with Crippen LogP contribution in [-0.2, 0) is 12.8 Å². The third kappa shape index (κ3) is 3.33. The molecule has 1 heterocycles. The molecule has 0 saturated heterocycles. The summed E-state index contributed by atoms with van der Waals surface area (Å²) in [4.78, 5) is 16.3. The lowest BCUT2D eigenvalue weighted by molar-refractivity contribution is 0.0937. The molecule has 1 aliphatic rings. The highest BCUT2D eigenvalue weighted by molar-refractivity contribution is 5.96. The van der Waals surface area contributed by atoms with Crippen LogP contribution in [0.25, 0.3) is 10.9 Å². The highest BCUT2D eigenvalue weighted by Crippen LogP contribution is 2.38. The highest BCUT2D eigenvalue weighted by atomic mass is 16.5. The first-order chi connectivity index (χ1) is 14.1. The normalized spacial score (nSPS) is 15.1. The molecule has 1 aliphatic carbocycles. The van der Waals surface area contributed by atoms with Gasteiger partial charge in [-0.3, -0.25) is 4.79 Å². The Bertz CT molecular complexity index is 1050. The Morgan fingerprint density at radius 3 is 2.31 bits per heavy atom. The number of aromatic nitrogens is 1. The van der Waals surface area contributed by atoms with Gasteiger partial charge >= 0.3 is 0 Å². The Hall–Kier alpha value is -3.35. The minimum Gasteiger partial charge on any atom is -0.497 e. The highest BCUT2D eigenvalue weighted by Gasteiger charge is 2.28. The first kappa shape index (κ1) is 19.0. The number of carbonyl (C=O) groups excluding carboxylic acids is 1. The average molecular weight is 396 g/mol. The fraction of sp³-hybridized carbons (Fsp3) is 0.318. The molecule has 29 heavy (non-hydrogen) atoms. The molecule has 0 bridgehead atoms. The fourth-order valence-electron chi connectivity index (χ4n) is 3.96. The number of H-pyrrole nitrogens is 1. The van der Waals surface area contributed by atoms with Crippen LogP contribution in [0, 0.1) is 0 Å². The van der Waals surface area contributed by atoms with Gasteiger partial charge in [0.1, 0.15) is 5.75 Å². The van der Waals surface area contributed by atoms with E-state index in [1.54, 1.807) is 19.2 Å². The van der Waals surface area contributed by atoms with Crippen LogP contribution in [0.15, 0.2) is 30.3 Å². The molecule has 1 amide bonds. The van der Waals surface area contributed by atoms with E-state index in [1.807, 2.05) is 18.2 Å². The van der Waals surface area contributed by atoms with Crippen LogP contribution >= 0.6 is 0 Å². The summed E-state index contributed by atoms with van der Waals surface area (Å²) in [6.45, 7) is 0. The summed E-state index contributed by atoms with van der Waals surface area (Å²) in [5, 5.41) is 4.26. The molecule has 2 N–H and O–H groups in total. The summed E-state index contributed by atoms with van der Waals surface area (Å²) in [5.74, 6) is 2.01. The SMILES string of the molecule is COc1ccc2[nH]c3c(c2c1)CC(NC(=O)c1cc(OC)c(OC)c(OC)c1)C3. The van der Waals surface area contributed by atoms with Crippen molar-refractivity contribution < 1.29 is 23.7 Å². The van der Waals surface area contributed by atoms with Crippen molar-refractivity contribution in [3.05, 3.63) is 47.2 Å². The van der Waals surface area contributed by atoms with Gasteiger partial charge in [0.2, 0.25) is 5.75 Å². The Labute approximate surface area is 168 Å². The van der Waals surface area contributed by atoms with E-state index in [-0.39, 0.29) is 11.9 Å². The summed E-state index contributed by atoms with van der Waals surface area (Å²) in [5.41, 5.74) is 3.93. The first-order valence-electron chi connectivity index (χ1n) is 9.36. The molecule has 2 aromatic carbocycles. The number of nitrogens with one attached hydrogen (secondary N) is 2. The van der Waals surface area contributed by atoms with E-state index in [0.717, 1.165) is 35.2 Å². The van der Waals surface area contributed by atoms with E-state index in [9.17, 15) is 4.79 Å². The summed E-state index contributed by atoms with van der Waals surface area (Å²) < 4.78 is 21.4. The van der Waals surface area contributed by atoms with Crippen molar-refractivity contribution in [2.75, 3.05) is 28.4 Å². The van der Waals surface area contributed by atoms with Crippen molar-refractivity contribution in [2.45, 2.75) is 18.9 Å². The lowest BCUT2D eigenvalue weighted by Crippen LogP contribution is -2.35. The van der Waals surface area contributed by atoms with E-state index >= 15 is 0 Å². The molecule has 1 aromatic heterocycles. The predicted octanol–water partition coefficient (Wildman–Crippen LogP) is 3.10. The number of fused-ring (bicyclic) bond motifs is 3. The van der Waals surface area contributed by atoms with Crippen molar-refractivity contribution in [3.8, 4) is 23.0 Å². The number of carbonyl (C=O) groups is 1. The van der Waals surface area contributed by atoms with E-state index in [2.05, 4.69) is 10.3 Å². The third-order valence-electron chi connectivity index (χ3n) is 5.36. The van der Waals surface area contributed by atoms with Gasteiger partial charge in [-0.05, 0) is 42.3 Å². The Balaban J connectivity index is 1.55. The van der Waals surface area contributed by atoms with Crippen molar-refractivity contribution in [2.24, 2.45) is 0 Å². The van der Waals surface area contributed by atoms with E-state index in [4.69, 9.17) is 18.9 Å². The zero-order valence-electron chi connectivity index (χ0n) is 16.9. The van der Waals surface area contributed by atoms with Gasteiger partial charge in [0.15, 0.2) is 11.5 Å². The molecule has 0 radical (unpaired) electrons. The molecule has 0 fully saturated rings. The topological polar surface area (TPSA) is 81.8 Å². The molecule has 0 saturated carbocycles. The molecule has 1 unspecified atom stereocenters. The number of methoxy groups -OCH3 is 4. The zero-order chi connectivity index (χ0) is 20.5.